The van der Waals surface area contributed by atoms with Crippen LogP contribution in [0.4, 0.5) is 0 Å². The number of phenolic OH excluding ortho intramolecular Hbond substituents is 1. The molecule has 0 aliphatic rings. The lowest BCUT2D eigenvalue weighted by Gasteiger charge is -2.05. The Hall–Kier alpha value is -1.80. The van der Waals surface area contributed by atoms with Gasteiger partial charge < -0.3 is 5.11 Å². The van der Waals surface area contributed by atoms with Crippen molar-refractivity contribution in [3.05, 3.63) is 53.1 Å². The lowest BCUT2D eigenvalue weighted by molar-refractivity contribution is 0.112. The summed E-state index contributed by atoms with van der Waals surface area (Å²) in [6.45, 7) is 0. The lowest BCUT2D eigenvalue weighted by Crippen LogP contribution is -1.84. The number of carbonyl (C=O) groups excluding carboxylic acids is 1. The van der Waals surface area contributed by atoms with E-state index in [-0.39, 0.29) is 5.75 Å². The molecule has 16 heavy (non-hydrogen) atoms. The summed E-state index contributed by atoms with van der Waals surface area (Å²) in [5, 5.41) is 10.3. The number of aldehydes is 1. The molecule has 0 saturated carbocycles. The monoisotopic (exact) mass is 232 g/mol. The molecule has 0 aromatic heterocycles. The number of phenols is 1. The summed E-state index contributed by atoms with van der Waals surface area (Å²) in [5.74, 6) is 0.132. The van der Waals surface area contributed by atoms with Crippen LogP contribution in [0, 0.1) is 0 Å². The minimum absolute atomic E-state index is 0.132. The maximum atomic E-state index is 10.7. The summed E-state index contributed by atoms with van der Waals surface area (Å²) in [6, 6.07) is 11.8. The minimum atomic E-state index is 0.132. The van der Waals surface area contributed by atoms with Crippen LogP contribution >= 0.6 is 11.6 Å². The first-order chi connectivity index (χ1) is 7.70. The van der Waals surface area contributed by atoms with Gasteiger partial charge in [-0.2, -0.15) is 0 Å². The van der Waals surface area contributed by atoms with Gasteiger partial charge in [0.25, 0.3) is 0 Å². The van der Waals surface area contributed by atoms with Gasteiger partial charge in [-0.05, 0) is 35.9 Å². The van der Waals surface area contributed by atoms with Crippen LogP contribution in [-0.4, -0.2) is 11.4 Å². The first kappa shape index (κ1) is 10.7. The highest BCUT2D eigenvalue weighted by Gasteiger charge is 2.05. The molecule has 0 unspecified atom stereocenters. The third kappa shape index (κ3) is 2.07. The Balaban J connectivity index is 2.58. The molecule has 80 valence electrons. The Kier molecular flexibility index (Phi) is 2.93. The highest BCUT2D eigenvalue weighted by molar-refractivity contribution is 6.30. The van der Waals surface area contributed by atoms with Crippen LogP contribution in [-0.2, 0) is 0 Å². The number of aromatic hydroxyl groups is 1. The van der Waals surface area contributed by atoms with E-state index in [4.69, 9.17) is 11.6 Å². The van der Waals surface area contributed by atoms with E-state index in [0.717, 1.165) is 11.8 Å². The van der Waals surface area contributed by atoms with E-state index in [1.54, 1.807) is 30.3 Å². The van der Waals surface area contributed by atoms with Gasteiger partial charge in [0.1, 0.15) is 12.0 Å². The number of benzene rings is 2. The third-order valence-corrected chi connectivity index (χ3v) is 2.53. The first-order valence-electron chi connectivity index (χ1n) is 4.75. The molecule has 2 aromatic carbocycles. The maximum Gasteiger partial charge on any atom is 0.150 e. The van der Waals surface area contributed by atoms with E-state index in [9.17, 15) is 9.90 Å². The molecule has 2 nitrogen and oxygen atoms in total. The number of carbonyl (C=O) groups is 1. The zero-order valence-corrected chi connectivity index (χ0v) is 9.11. The van der Waals surface area contributed by atoms with Crippen molar-refractivity contribution in [2.24, 2.45) is 0 Å². The van der Waals surface area contributed by atoms with E-state index in [0.29, 0.717) is 16.1 Å². The summed E-state index contributed by atoms with van der Waals surface area (Å²) in [6.07, 6.45) is 0.744. The fourth-order valence-corrected chi connectivity index (χ4v) is 1.70. The molecule has 0 radical (unpaired) electrons. The van der Waals surface area contributed by atoms with E-state index in [1.165, 1.54) is 6.07 Å². The van der Waals surface area contributed by atoms with Crippen LogP contribution < -0.4 is 0 Å². The van der Waals surface area contributed by atoms with Crippen LogP contribution in [0.2, 0.25) is 5.02 Å². The topological polar surface area (TPSA) is 37.3 Å². The molecule has 2 aromatic rings. The number of hydrogen-bond acceptors (Lipinski definition) is 2. The summed E-state index contributed by atoms with van der Waals surface area (Å²) in [4.78, 5) is 10.7. The summed E-state index contributed by atoms with van der Waals surface area (Å²) >= 11 is 5.87. The second kappa shape index (κ2) is 4.37. The lowest BCUT2D eigenvalue weighted by atomic mass is 10.0. The van der Waals surface area contributed by atoms with E-state index < -0.39 is 0 Å². The maximum absolute atomic E-state index is 10.7. The fourth-order valence-electron chi connectivity index (χ4n) is 1.51. The average Bonchev–Trinajstić information content (AvgIpc) is 2.30. The molecule has 0 atom stereocenters. The molecule has 0 amide bonds. The Morgan fingerprint density at radius 1 is 1.12 bits per heavy atom. The zero-order chi connectivity index (χ0) is 11.5. The molecule has 0 spiro atoms. The highest BCUT2D eigenvalue weighted by atomic mass is 35.5. The molecule has 2 rings (SSSR count). The van der Waals surface area contributed by atoms with Gasteiger partial charge in [0, 0.05) is 16.1 Å². The largest absolute Gasteiger partial charge is 0.507 e. The third-order valence-electron chi connectivity index (χ3n) is 2.29. The molecular weight excluding hydrogens is 224 g/mol. The molecule has 0 saturated heterocycles. The molecule has 0 bridgehead atoms. The number of hydrogen-bond donors (Lipinski definition) is 1. The van der Waals surface area contributed by atoms with Crippen molar-refractivity contribution in [1.29, 1.82) is 0 Å². The zero-order valence-electron chi connectivity index (χ0n) is 8.35. The minimum Gasteiger partial charge on any atom is -0.507 e. The number of halogens is 1. The Bertz CT molecular complexity index is 535. The van der Waals surface area contributed by atoms with Crippen molar-refractivity contribution in [2.45, 2.75) is 0 Å². The average molecular weight is 233 g/mol. The quantitative estimate of drug-likeness (QED) is 0.805. The summed E-state index contributed by atoms with van der Waals surface area (Å²) in [7, 11) is 0. The van der Waals surface area contributed by atoms with E-state index >= 15 is 0 Å². The highest BCUT2D eigenvalue weighted by Crippen LogP contribution is 2.31. The molecule has 1 N–H and O–H groups in total. The molecule has 0 aliphatic heterocycles. The Morgan fingerprint density at radius 3 is 2.62 bits per heavy atom. The van der Waals surface area contributed by atoms with Crippen LogP contribution in [0.5, 0.6) is 5.75 Å². The fraction of sp³-hybridized carbons (Fsp3) is 0. The van der Waals surface area contributed by atoms with Gasteiger partial charge in [-0.3, -0.25) is 4.79 Å². The Labute approximate surface area is 98.1 Å². The van der Waals surface area contributed by atoms with Crippen molar-refractivity contribution in [3.63, 3.8) is 0 Å². The first-order valence-corrected chi connectivity index (χ1v) is 5.12. The van der Waals surface area contributed by atoms with Gasteiger partial charge in [-0.1, -0.05) is 23.7 Å². The predicted molar refractivity (Wildman–Crippen MR) is 63.9 cm³/mol. The van der Waals surface area contributed by atoms with Gasteiger partial charge in [0.05, 0.1) is 0 Å². The second-order valence-electron chi connectivity index (χ2n) is 3.40. The van der Waals surface area contributed by atoms with E-state index in [1.807, 2.05) is 6.07 Å². The molecule has 0 aliphatic carbocycles. The van der Waals surface area contributed by atoms with Gasteiger partial charge >= 0.3 is 0 Å². The predicted octanol–water partition coefficient (Wildman–Crippen LogP) is 3.53. The summed E-state index contributed by atoms with van der Waals surface area (Å²) < 4.78 is 0. The van der Waals surface area contributed by atoms with Crippen LogP contribution in [0.15, 0.2) is 42.5 Å². The number of rotatable bonds is 2. The summed E-state index contributed by atoms with van der Waals surface area (Å²) in [5.41, 5.74) is 1.91. The Morgan fingerprint density at radius 2 is 1.94 bits per heavy atom. The van der Waals surface area contributed by atoms with Crippen molar-refractivity contribution in [2.75, 3.05) is 0 Å². The van der Waals surface area contributed by atoms with Crippen LogP contribution in [0.1, 0.15) is 10.4 Å². The van der Waals surface area contributed by atoms with Crippen LogP contribution in [0.3, 0.4) is 0 Å². The van der Waals surface area contributed by atoms with Crippen LogP contribution in [0.25, 0.3) is 11.1 Å². The van der Waals surface area contributed by atoms with Crippen molar-refractivity contribution >= 4 is 17.9 Å². The van der Waals surface area contributed by atoms with E-state index in [2.05, 4.69) is 0 Å². The van der Waals surface area contributed by atoms with Gasteiger partial charge in [-0.15, -0.1) is 0 Å². The van der Waals surface area contributed by atoms with Gasteiger partial charge in [0.2, 0.25) is 0 Å². The second-order valence-corrected chi connectivity index (χ2v) is 3.84. The van der Waals surface area contributed by atoms with Gasteiger partial charge in [0.15, 0.2) is 0 Å². The molecule has 0 fully saturated rings. The van der Waals surface area contributed by atoms with Crippen molar-refractivity contribution < 1.29 is 9.90 Å². The SMILES string of the molecule is O=Cc1ccc(O)c(-c2cccc(Cl)c2)c1. The molecule has 0 heterocycles. The standard InChI is InChI=1S/C13H9ClO2/c14-11-3-1-2-10(7-11)12-6-9(8-15)4-5-13(12)16/h1-8,16H. The normalized spacial score (nSPS) is 10.1. The molecule has 3 heteroatoms. The molecular formula is C13H9ClO2. The van der Waals surface area contributed by atoms with Crippen molar-refractivity contribution in [3.8, 4) is 16.9 Å². The van der Waals surface area contributed by atoms with Gasteiger partial charge in [-0.25, -0.2) is 0 Å². The van der Waals surface area contributed by atoms with Crippen molar-refractivity contribution in [1.82, 2.24) is 0 Å². The smallest absolute Gasteiger partial charge is 0.150 e.